The van der Waals surface area contributed by atoms with E-state index in [1.807, 2.05) is 0 Å². The van der Waals surface area contributed by atoms with Crippen molar-refractivity contribution in [3.63, 3.8) is 0 Å². The molecule has 0 amide bonds. The lowest BCUT2D eigenvalue weighted by atomic mass is 9.80. The zero-order chi connectivity index (χ0) is 15.6. The van der Waals surface area contributed by atoms with E-state index in [4.69, 9.17) is 5.73 Å². The van der Waals surface area contributed by atoms with Crippen molar-refractivity contribution in [3.8, 4) is 0 Å². The van der Waals surface area contributed by atoms with Gasteiger partial charge in [0.05, 0.1) is 0 Å². The minimum atomic E-state index is -0.822. The van der Waals surface area contributed by atoms with Gasteiger partial charge in [0.15, 0.2) is 11.6 Å². The normalized spacial score (nSPS) is 21.7. The summed E-state index contributed by atoms with van der Waals surface area (Å²) in [5.74, 6) is -0.935. The zero-order valence-corrected chi connectivity index (χ0v) is 13.2. The summed E-state index contributed by atoms with van der Waals surface area (Å²) in [4.78, 5) is 2.38. The van der Waals surface area contributed by atoms with Crippen molar-refractivity contribution >= 4 is 0 Å². The fraction of sp³-hybridized carbons (Fsp3) is 0.647. The van der Waals surface area contributed by atoms with Gasteiger partial charge >= 0.3 is 0 Å². The molecule has 1 saturated heterocycles. The van der Waals surface area contributed by atoms with Crippen LogP contribution >= 0.6 is 0 Å². The average molecular weight is 296 g/mol. The highest BCUT2D eigenvalue weighted by Gasteiger charge is 2.31. The van der Waals surface area contributed by atoms with Gasteiger partial charge < -0.3 is 10.6 Å². The van der Waals surface area contributed by atoms with Crippen molar-refractivity contribution in [1.29, 1.82) is 0 Å². The van der Waals surface area contributed by atoms with Crippen molar-refractivity contribution in [2.45, 2.75) is 39.7 Å². The highest BCUT2D eigenvalue weighted by molar-refractivity contribution is 5.22. The van der Waals surface area contributed by atoms with Crippen LogP contribution in [-0.2, 0) is 0 Å². The van der Waals surface area contributed by atoms with Crippen molar-refractivity contribution < 1.29 is 8.78 Å². The van der Waals surface area contributed by atoms with Crippen LogP contribution in [0.2, 0.25) is 0 Å². The summed E-state index contributed by atoms with van der Waals surface area (Å²) in [6.07, 6.45) is 1.85. The molecule has 0 saturated carbocycles. The molecule has 0 bridgehead atoms. The monoisotopic (exact) mass is 296 g/mol. The Morgan fingerprint density at radius 3 is 2.67 bits per heavy atom. The van der Waals surface area contributed by atoms with E-state index < -0.39 is 17.7 Å². The lowest BCUT2D eigenvalue weighted by Gasteiger charge is -2.27. The van der Waals surface area contributed by atoms with E-state index in [9.17, 15) is 8.78 Å². The maximum atomic E-state index is 13.7. The Balaban J connectivity index is 1.88. The summed E-state index contributed by atoms with van der Waals surface area (Å²) < 4.78 is 26.9. The van der Waals surface area contributed by atoms with Gasteiger partial charge in [-0.15, -0.1) is 0 Å². The molecule has 2 unspecified atom stereocenters. The van der Waals surface area contributed by atoms with Crippen LogP contribution < -0.4 is 5.73 Å². The van der Waals surface area contributed by atoms with Gasteiger partial charge in [-0.3, -0.25) is 0 Å². The minimum Gasteiger partial charge on any atom is -0.324 e. The quantitative estimate of drug-likeness (QED) is 0.917. The number of likely N-dealkylation sites (tertiary alicyclic amines) is 1. The van der Waals surface area contributed by atoms with E-state index >= 15 is 0 Å². The molecule has 1 aromatic rings. The third kappa shape index (κ3) is 4.01. The predicted molar refractivity (Wildman–Crippen MR) is 81.9 cm³/mol. The van der Waals surface area contributed by atoms with E-state index in [-0.39, 0.29) is 5.56 Å². The molecule has 1 heterocycles. The van der Waals surface area contributed by atoms with Crippen molar-refractivity contribution in [3.05, 3.63) is 35.4 Å². The molecule has 0 spiro atoms. The Morgan fingerprint density at radius 1 is 1.33 bits per heavy atom. The molecule has 1 aliphatic rings. The first kappa shape index (κ1) is 16.4. The maximum Gasteiger partial charge on any atom is 0.163 e. The van der Waals surface area contributed by atoms with E-state index in [0.29, 0.717) is 17.8 Å². The van der Waals surface area contributed by atoms with Gasteiger partial charge in [0, 0.05) is 18.2 Å². The average Bonchev–Trinajstić information content (AvgIpc) is 2.88. The molecule has 1 fully saturated rings. The van der Waals surface area contributed by atoms with Crippen LogP contribution in [0.1, 0.15) is 45.2 Å². The highest BCUT2D eigenvalue weighted by Crippen LogP contribution is 2.33. The van der Waals surface area contributed by atoms with Crippen molar-refractivity contribution in [2.24, 2.45) is 17.1 Å². The molecule has 21 heavy (non-hydrogen) atoms. The summed E-state index contributed by atoms with van der Waals surface area (Å²) >= 11 is 0. The van der Waals surface area contributed by atoms with Crippen LogP contribution in [0.3, 0.4) is 0 Å². The molecule has 4 heteroatoms. The Hall–Kier alpha value is -1.00. The molecule has 1 aliphatic heterocycles. The van der Waals surface area contributed by atoms with E-state index in [1.54, 1.807) is 6.07 Å². The standard InChI is InChI=1S/C17H26F2N2/c1-17(2,3)12-7-9-21(11-12)10-8-15(20)13-5-4-6-14(18)16(13)19/h4-6,12,15H,7-11,20H2,1-3H3. The van der Waals surface area contributed by atoms with Gasteiger partial charge in [-0.2, -0.15) is 0 Å². The molecular formula is C17H26F2N2. The number of nitrogens with zero attached hydrogens (tertiary/aromatic N) is 1. The lowest BCUT2D eigenvalue weighted by molar-refractivity contribution is 0.226. The Labute approximate surface area is 126 Å². The molecule has 0 aromatic heterocycles. The summed E-state index contributed by atoms with van der Waals surface area (Å²) in [6.45, 7) is 9.80. The van der Waals surface area contributed by atoms with E-state index in [2.05, 4.69) is 25.7 Å². The number of hydrogen-bond donors (Lipinski definition) is 1. The van der Waals surface area contributed by atoms with E-state index in [1.165, 1.54) is 12.5 Å². The third-order valence-electron chi connectivity index (χ3n) is 4.63. The van der Waals surface area contributed by atoms with Crippen LogP contribution in [0.4, 0.5) is 8.78 Å². The summed E-state index contributed by atoms with van der Waals surface area (Å²) in [7, 11) is 0. The van der Waals surface area contributed by atoms with Gasteiger partial charge in [0.2, 0.25) is 0 Å². The van der Waals surface area contributed by atoms with Crippen molar-refractivity contribution in [1.82, 2.24) is 4.90 Å². The first-order chi connectivity index (χ1) is 9.79. The predicted octanol–water partition coefficient (Wildman–Crippen LogP) is 3.72. The molecule has 2 nitrogen and oxygen atoms in total. The topological polar surface area (TPSA) is 29.3 Å². The SMILES string of the molecule is CC(C)(C)C1CCN(CCC(N)c2cccc(F)c2F)C1. The molecular weight excluding hydrogens is 270 g/mol. The smallest absolute Gasteiger partial charge is 0.163 e. The minimum absolute atomic E-state index is 0.279. The third-order valence-corrected chi connectivity index (χ3v) is 4.63. The summed E-state index contributed by atoms with van der Waals surface area (Å²) in [6, 6.07) is 3.76. The number of benzene rings is 1. The molecule has 118 valence electrons. The molecule has 1 aromatic carbocycles. The number of halogens is 2. The van der Waals surface area contributed by atoms with Crippen molar-refractivity contribution in [2.75, 3.05) is 19.6 Å². The first-order valence-electron chi connectivity index (χ1n) is 7.71. The first-order valence-corrected chi connectivity index (χ1v) is 7.71. The highest BCUT2D eigenvalue weighted by atomic mass is 19.2. The Morgan fingerprint density at radius 2 is 2.05 bits per heavy atom. The van der Waals surface area contributed by atoms with Gasteiger partial charge in [-0.1, -0.05) is 32.9 Å². The second-order valence-electron chi connectivity index (χ2n) is 7.19. The van der Waals surface area contributed by atoms with Gasteiger partial charge in [-0.05, 0) is 43.3 Å². The fourth-order valence-corrected chi connectivity index (χ4v) is 3.03. The largest absolute Gasteiger partial charge is 0.324 e. The number of nitrogens with two attached hydrogens (primary N) is 1. The molecule has 0 radical (unpaired) electrons. The molecule has 2 N–H and O–H groups in total. The Bertz CT molecular complexity index is 482. The maximum absolute atomic E-state index is 13.7. The van der Waals surface area contributed by atoms with Crippen LogP contribution in [0.15, 0.2) is 18.2 Å². The van der Waals surface area contributed by atoms with Crippen LogP contribution in [-0.4, -0.2) is 24.5 Å². The zero-order valence-electron chi connectivity index (χ0n) is 13.2. The van der Waals surface area contributed by atoms with Gasteiger partial charge in [-0.25, -0.2) is 8.78 Å². The fourth-order valence-electron chi connectivity index (χ4n) is 3.03. The Kier molecular flexibility index (Phi) is 4.99. The second kappa shape index (κ2) is 6.41. The van der Waals surface area contributed by atoms with Gasteiger partial charge in [0.1, 0.15) is 0 Å². The molecule has 2 atom stereocenters. The summed E-state index contributed by atoms with van der Waals surface area (Å²) in [5, 5.41) is 0. The molecule has 0 aliphatic carbocycles. The van der Waals surface area contributed by atoms with Crippen LogP contribution in [0, 0.1) is 23.0 Å². The van der Waals surface area contributed by atoms with E-state index in [0.717, 1.165) is 25.7 Å². The summed E-state index contributed by atoms with van der Waals surface area (Å²) in [5.41, 5.74) is 6.63. The second-order valence-corrected chi connectivity index (χ2v) is 7.19. The van der Waals surface area contributed by atoms with Crippen LogP contribution in [0.5, 0.6) is 0 Å². The van der Waals surface area contributed by atoms with Gasteiger partial charge in [0.25, 0.3) is 0 Å². The number of rotatable bonds is 4. The lowest BCUT2D eigenvalue weighted by Crippen LogP contribution is -2.28. The van der Waals surface area contributed by atoms with Crippen LogP contribution in [0.25, 0.3) is 0 Å². The molecule has 2 rings (SSSR count). The number of hydrogen-bond acceptors (Lipinski definition) is 2.